The maximum absolute atomic E-state index is 12.5. The van der Waals surface area contributed by atoms with Crippen LogP contribution >= 0.6 is 0 Å². The highest BCUT2D eigenvalue weighted by atomic mass is 16.2. The third kappa shape index (κ3) is 5.70. The first-order valence-corrected chi connectivity index (χ1v) is 9.73. The molecule has 27 heavy (non-hydrogen) atoms. The highest BCUT2D eigenvalue weighted by Gasteiger charge is 2.28. The normalized spacial score (nSPS) is 14.6. The Balaban J connectivity index is 1.84. The van der Waals surface area contributed by atoms with Crippen molar-refractivity contribution in [1.82, 2.24) is 9.80 Å². The molecular formula is C20H30N4O3. The predicted octanol–water partition coefficient (Wildman–Crippen LogP) is 3.15. The minimum atomic E-state index is -0.0924. The molecule has 1 aromatic rings. The van der Waals surface area contributed by atoms with Crippen molar-refractivity contribution in [2.45, 2.75) is 40.0 Å². The summed E-state index contributed by atoms with van der Waals surface area (Å²) in [4.78, 5) is 39.9. The summed E-state index contributed by atoms with van der Waals surface area (Å²) in [6.45, 7) is 8.35. The zero-order valence-electron chi connectivity index (χ0n) is 16.5. The summed E-state index contributed by atoms with van der Waals surface area (Å²) in [6, 6.07) is 7.16. The predicted molar refractivity (Wildman–Crippen MR) is 107 cm³/mol. The molecule has 0 saturated carbocycles. The SMILES string of the molecule is CCC(=O)Nc1ccc(NC(=O)C2CCN(C(=O)N(CC)CC)CC2)cc1. The second kappa shape index (κ2) is 9.94. The number of hydrogen-bond donors (Lipinski definition) is 2. The molecule has 0 radical (unpaired) electrons. The van der Waals surface area contributed by atoms with Crippen molar-refractivity contribution in [3.8, 4) is 0 Å². The van der Waals surface area contributed by atoms with Gasteiger partial charge >= 0.3 is 6.03 Å². The van der Waals surface area contributed by atoms with Crippen LogP contribution in [0.2, 0.25) is 0 Å². The average Bonchev–Trinajstić information content (AvgIpc) is 2.70. The highest BCUT2D eigenvalue weighted by molar-refractivity contribution is 5.94. The van der Waals surface area contributed by atoms with E-state index in [1.165, 1.54) is 0 Å². The minimum Gasteiger partial charge on any atom is -0.326 e. The zero-order chi connectivity index (χ0) is 19.8. The van der Waals surface area contributed by atoms with Gasteiger partial charge in [-0.25, -0.2) is 4.79 Å². The van der Waals surface area contributed by atoms with E-state index >= 15 is 0 Å². The van der Waals surface area contributed by atoms with Crippen molar-refractivity contribution in [3.05, 3.63) is 24.3 Å². The van der Waals surface area contributed by atoms with Gasteiger partial charge in [-0.05, 0) is 51.0 Å². The maximum atomic E-state index is 12.5. The second-order valence-electron chi connectivity index (χ2n) is 6.68. The van der Waals surface area contributed by atoms with E-state index < -0.39 is 0 Å². The van der Waals surface area contributed by atoms with Gasteiger partial charge in [-0.15, -0.1) is 0 Å². The van der Waals surface area contributed by atoms with E-state index in [1.807, 2.05) is 18.7 Å². The highest BCUT2D eigenvalue weighted by Crippen LogP contribution is 2.21. The van der Waals surface area contributed by atoms with Gasteiger partial charge in [0.2, 0.25) is 11.8 Å². The summed E-state index contributed by atoms with van der Waals surface area (Å²) in [5.41, 5.74) is 1.42. The fraction of sp³-hybridized carbons (Fsp3) is 0.550. The molecule has 2 rings (SSSR count). The first-order valence-electron chi connectivity index (χ1n) is 9.73. The molecule has 1 heterocycles. The average molecular weight is 374 g/mol. The summed E-state index contributed by atoms with van der Waals surface area (Å²) in [5.74, 6) is -0.154. The molecule has 1 saturated heterocycles. The van der Waals surface area contributed by atoms with Gasteiger partial charge < -0.3 is 20.4 Å². The van der Waals surface area contributed by atoms with Crippen LogP contribution in [0.5, 0.6) is 0 Å². The maximum Gasteiger partial charge on any atom is 0.319 e. The van der Waals surface area contributed by atoms with Crippen molar-refractivity contribution < 1.29 is 14.4 Å². The molecule has 1 aliphatic rings. The van der Waals surface area contributed by atoms with Crippen LogP contribution in [0.25, 0.3) is 0 Å². The summed E-state index contributed by atoms with van der Waals surface area (Å²) in [5, 5.41) is 5.71. The number of nitrogens with zero attached hydrogens (tertiary/aromatic N) is 2. The summed E-state index contributed by atoms with van der Waals surface area (Å²) < 4.78 is 0. The molecule has 148 valence electrons. The topological polar surface area (TPSA) is 81.8 Å². The monoisotopic (exact) mass is 374 g/mol. The number of amides is 4. The first-order chi connectivity index (χ1) is 13.0. The van der Waals surface area contributed by atoms with Crippen molar-refractivity contribution in [2.75, 3.05) is 36.8 Å². The number of piperidine rings is 1. The Morgan fingerprint density at radius 3 is 1.96 bits per heavy atom. The molecule has 0 bridgehead atoms. The number of rotatable bonds is 6. The number of carbonyl (C=O) groups excluding carboxylic acids is 3. The van der Waals surface area contributed by atoms with Crippen molar-refractivity contribution in [1.29, 1.82) is 0 Å². The standard InChI is InChI=1S/C20H30N4O3/c1-4-18(25)21-16-7-9-17(10-8-16)22-19(26)15-11-13-24(14-12-15)20(27)23(5-2)6-3/h7-10,15H,4-6,11-14H2,1-3H3,(H,21,25)(H,22,26). The van der Waals surface area contributed by atoms with Crippen LogP contribution in [0.3, 0.4) is 0 Å². The van der Waals surface area contributed by atoms with E-state index in [0.29, 0.717) is 56.8 Å². The van der Waals surface area contributed by atoms with E-state index in [-0.39, 0.29) is 23.8 Å². The molecule has 0 spiro atoms. The van der Waals surface area contributed by atoms with Crippen molar-refractivity contribution in [2.24, 2.45) is 5.92 Å². The number of urea groups is 1. The van der Waals surface area contributed by atoms with Crippen molar-refractivity contribution >= 4 is 29.2 Å². The quantitative estimate of drug-likeness (QED) is 0.802. The van der Waals surface area contributed by atoms with Gasteiger partial charge in [-0.1, -0.05) is 6.92 Å². The van der Waals surface area contributed by atoms with Gasteiger partial charge in [0.25, 0.3) is 0 Å². The van der Waals surface area contributed by atoms with E-state index in [0.717, 1.165) is 0 Å². The van der Waals surface area contributed by atoms with Crippen LogP contribution in [0, 0.1) is 5.92 Å². The molecule has 0 aromatic heterocycles. The Kier molecular flexibility index (Phi) is 7.64. The van der Waals surface area contributed by atoms with E-state index in [9.17, 15) is 14.4 Å². The Labute approximate surface area is 161 Å². The van der Waals surface area contributed by atoms with Crippen LogP contribution in [0.4, 0.5) is 16.2 Å². The molecule has 1 aromatic carbocycles. The number of nitrogens with one attached hydrogen (secondary N) is 2. The van der Waals surface area contributed by atoms with Gasteiger partial charge in [0, 0.05) is 49.9 Å². The molecule has 7 nitrogen and oxygen atoms in total. The smallest absolute Gasteiger partial charge is 0.319 e. The Hall–Kier alpha value is -2.57. The molecule has 4 amide bonds. The first kappa shape index (κ1) is 20.7. The lowest BCUT2D eigenvalue weighted by Gasteiger charge is -2.34. The fourth-order valence-electron chi connectivity index (χ4n) is 3.16. The molecular weight excluding hydrogens is 344 g/mol. The number of benzene rings is 1. The van der Waals surface area contributed by atoms with Gasteiger partial charge in [0.05, 0.1) is 0 Å². The van der Waals surface area contributed by atoms with E-state index in [4.69, 9.17) is 0 Å². The van der Waals surface area contributed by atoms with E-state index in [1.54, 1.807) is 36.1 Å². The lowest BCUT2D eigenvalue weighted by molar-refractivity contribution is -0.121. The lowest BCUT2D eigenvalue weighted by Crippen LogP contribution is -2.47. The molecule has 2 N–H and O–H groups in total. The van der Waals surface area contributed by atoms with Crippen LogP contribution in [-0.4, -0.2) is 53.8 Å². The molecule has 1 aliphatic heterocycles. The molecule has 0 atom stereocenters. The van der Waals surface area contributed by atoms with Crippen LogP contribution < -0.4 is 10.6 Å². The Morgan fingerprint density at radius 2 is 1.48 bits per heavy atom. The number of carbonyl (C=O) groups is 3. The molecule has 0 unspecified atom stereocenters. The molecule has 0 aliphatic carbocycles. The number of likely N-dealkylation sites (tertiary alicyclic amines) is 1. The third-order valence-electron chi connectivity index (χ3n) is 4.93. The van der Waals surface area contributed by atoms with Crippen molar-refractivity contribution in [3.63, 3.8) is 0 Å². The fourth-order valence-corrected chi connectivity index (χ4v) is 3.16. The van der Waals surface area contributed by atoms with Gasteiger partial charge in [-0.3, -0.25) is 9.59 Å². The van der Waals surface area contributed by atoms with Crippen LogP contribution in [0.15, 0.2) is 24.3 Å². The summed E-state index contributed by atoms with van der Waals surface area (Å²) >= 11 is 0. The number of anilines is 2. The summed E-state index contributed by atoms with van der Waals surface area (Å²) in [7, 11) is 0. The van der Waals surface area contributed by atoms with Gasteiger partial charge in [-0.2, -0.15) is 0 Å². The second-order valence-corrected chi connectivity index (χ2v) is 6.68. The number of hydrogen-bond acceptors (Lipinski definition) is 3. The molecule has 7 heteroatoms. The van der Waals surface area contributed by atoms with Gasteiger partial charge in [0.1, 0.15) is 0 Å². The van der Waals surface area contributed by atoms with Crippen LogP contribution in [-0.2, 0) is 9.59 Å². The summed E-state index contributed by atoms with van der Waals surface area (Å²) in [6.07, 6.45) is 1.76. The molecule has 1 fully saturated rings. The largest absolute Gasteiger partial charge is 0.326 e. The van der Waals surface area contributed by atoms with E-state index in [2.05, 4.69) is 10.6 Å². The minimum absolute atomic E-state index is 0.0183. The Bertz CT molecular complexity index is 648. The lowest BCUT2D eigenvalue weighted by atomic mass is 9.96. The van der Waals surface area contributed by atoms with Gasteiger partial charge in [0.15, 0.2) is 0 Å². The Morgan fingerprint density at radius 1 is 0.963 bits per heavy atom. The van der Waals surface area contributed by atoms with Crippen LogP contribution in [0.1, 0.15) is 40.0 Å². The third-order valence-corrected chi connectivity index (χ3v) is 4.93. The zero-order valence-corrected chi connectivity index (χ0v) is 16.5.